The summed E-state index contributed by atoms with van der Waals surface area (Å²) in [6.45, 7) is 1.16. The first-order chi connectivity index (χ1) is 15.6. The molecule has 1 amide bonds. The minimum absolute atomic E-state index is 0.159. The van der Waals surface area contributed by atoms with Crippen LogP contribution in [0.2, 0.25) is 5.02 Å². The molecule has 0 aliphatic carbocycles. The van der Waals surface area contributed by atoms with Gasteiger partial charge < -0.3 is 14.4 Å². The van der Waals surface area contributed by atoms with E-state index in [9.17, 15) is 9.59 Å². The molecular weight excluding hydrogens is 450 g/mol. The number of hydrogen-bond acceptors (Lipinski definition) is 6. The molecule has 5 rings (SSSR count). The number of benzene rings is 2. The van der Waals surface area contributed by atoms with Gasteiger partial charge in [-0.05, 0) is 41.8 Å². The third-order valence-electron chi connectivity index (χ3n) is 5.12. The smallest absolute Gasteiger partial charge is 0.261 e. The lowest BCUT2D eigenvalue weighted by Gasteiger charge is -2.25. The summed E-state index contributed by atoms with van der Waals surface area (Å²) in [4.78, 5) is 33.3. The number of rotatable bonds is 5. The van der Waals surface area contributed by atoms with Crippen molar-refractivity contribution < 1.29 is 14.3 Å². The van der Waals surface area contributed by atoms with Crippen molar-refractivity contribution in [2.24, 2.45) is 0 Å². The first-order valence-electron chi connectivity index (χ1n) is 9.95. The number of amides is 1. The second-order valence-electron chi connectivity index (χ2n) is 7.23. The first kappa shape index (κ1) is 20.5. The van der Waals surface area contributed by atoms with Gasteiger partial charge in [0, 0.05) is 21.7 Å². The summed E-state index contributed by atoms with van der Waals surface area (Å²) in [5, 5.41) is 2.77. The van der Waals surface area contributed by atoms with Crippen molar-refractivity contribution in [3.8, 4) is 11.5 Å². The van der Waals surface area contributed by atoms with Crippen LogP contribution in [-0.4, -0.2) is 28.7 Å². The third-order valence-corrected chi connectivity index (χ3v) is 6.22. The van der Waals surface area contributed by atoms with Gasteiger partial charge in [0.2, 0.25) is 5.91 Å². The van der Waals surface area contributed by atoms with Crippen molar-refractivity contribution >= 4 is 45.4 Å². The molecule has 0 radical (unpaired) electrons. The number of carbonyl (C=O) groups is 1. The zero-order chi connectivity index (χ0) is 22.1. The van der Waals surface area contributed by atoms with Crippen molar-refractivity contribution in [1.29, 1.82) is 0 Å². The van der Waals surface area contributed by atoms with Gasteiger partial charge in [-0.15, -0.1) is 11.3 Å². The van der Waals surface area contributed by atoms with Gasteiger partial charge >= 0.3 is 0 Å². The molecule has 0 unspecified atom stereocenters. The van der Waals surface area contributed by atoms with Crippen LogP contribution < -0.4 is 19.9 Å². The van der Waals surface area contributed by atoms with E-state index in [1.165, 1.54) is 10.9 Å². The average Bonchev–Trinajstić information content (AvgIpc) is 3.33. The van der Waals surface area contributed by atoms with Gasteiger partial charge in [0.15, 0.2) is 11.5 Å². The average molecular weight is 468 g/mol. The van der Waals surface area contributed by atoms with Crippen LogP contribution in [0.3, 0.4) is 0 Å². The molecule has 4 aromatic rings. The lowest BCUT2D eigenvalue weighted by atomic mass is 10.2. The highest BCUT2D eigenvalue weighted by Gasteiger charge is 2.21. The highest BCUT2D eigenvalue weighted by molar-refractivity contribution is 7.09. The third kappa shape index (κ3) is 4.06. The van der Waals surface area contributed by atoms with Crippen LogP contribution in [0.25, 0.3) is 10.9 Å². The summed E-state index contributed by atoms with van der Waals surface area (Å²) in [7, 11) is 0. The van der Waals surface area contributed by atoms with E-state index in [-0.39, 0.29) is 18.0 Å². The summed E-state index contributed by atoms with van der Waals surface area (Å²) in [5.74, 6) is 0.993. The van der Waals surface area contributed by atoms with Crippen LogP contribution in [0.4, 0.5) is 5.69 Å². The molecular formula is C23H18ClN3O4S. The molecule has 0 saturated carbocycles. The monoisotopic (exact) mass is 467 g/mol. The quantitative estimate of drug-likeness (QED) is 0.441. The van der Waals surface area contributed by atoms with Crippen molar-refractivity contribution in [3.63, 3.8) is 0 Å². The lowest BCUT2D eigenvalue weighted by molar-refractivity contribution is -0.119. The Morgan fingerprint density at radius 2 is 1.97 bits per heavy atom. The normalized spacial score (nSPS) is 12.7. The standard InChI is InChI=1S/C23H18ClN3O4S/c24-15-3-5-19-18(10-15)23(29)26(14-25-19)13-22(28)27(12-17-2-1-9-32-17)16-4-6-20-21(11-16)31-8-7-30-20/h1-6,9-11,14H,7-8,12-13H2. The Bertz CT molecular complexity index is 1350. The Morgan fingerprint density at radius 1 is 1.12 bits per heavy atom. The number of nitrogens with zero attached hydrogens (tertiary/aromatic N) is 3. The predicted molar refractivity (Wildman–Crippen MR) is 124 cm³/mol. The van der Waals surface area contributed by atoms with Crippen LogP contribution in [0.1, 0.15) is 4.88 Å². The molecule has 7 nitrogen and oxygen atoms in total. The summed E-state index contributed by atoms with van der Waals surface area (Å²) >= 11 is 7.60. The fourth-order valence-corrected chi connectivity index (χ4v) is 4.42. The second kappa shape index (κ2) is 8.64. The van der Waals surface area contributed by atoms with Crippen molar-refractivity contribution in [2.75, 3.05) is 18.1 Å². The van der Waals surface area contributed by atoms with E-state index in [0.717, 1.165) is 4.88 Å². The SMILES string of the molecule is O=C(Cn1cnc2ccc(Cl)cc2c1=O)N(Cc1cccs1)c1ccc2c(c1)OCCO2. The number of carbonyl (C=O) groups excluding carboxylic acids is 1. The Morgan fingerprint density at radius 3 is 2.78 bits per heavy atom. The fourth-order valence-electron chi connectivity index (χ4n) is 3.56. The molecule has 0 atom stereocenters. The summed E-state index contributed by atoms with van der Waals surface area (Å²) in [6.07, 6.45) is 1.39. The van der Waals surface area contributed by atoms with Gasteiger partial charge in [-0.1, -0.05) is 17.7 Å². The highest BCUT2D eigenvalue weighted by Crippen LogP contribution is 2.34. The molecule has 9 heteroatoms. The molecule has 0 fully saturated rings. The van der Waals surface area contributed by atoms with Gasteiger partial charge in [0.05, 0.1) is 23.8 Å². The van der Waals surface area contributed by atoms with Crippen LogP contribution in [0, 0.1) is 0 Å². The zero-order valence-corrected chi connectivity index (χ0v) is 18.4. The number of aromatic nitrogens is 2. The van der Waals surface area contributed by atoms with Crippen molar-refractivity contribution in [2.45, 2.75) is 13.1 Å². The van der Waals surface area contributed by atoms with Crippen LogP contribution in [0.15, 0.2) is 65.0 Å². The molecule has 2 aromatic heterocycles. The van der Waals surface area contributed by atoms with Crippen LogP contribution in [0.5, 0.6) is 11.5 Å². The van der Waals surface area contributed by atoms with Gasteiger partial charge in [-0.3, -0.25) is 14.2 Å². The fraction of sp³-hybridized carbons (Fsp3) is 0.174. The van der Waals surface area contributed by atoms with E-state index in [0.29, 0.717) is 52.9 Å². The minimum atomic E-state index is -0.316. The molecule has 0 saturated heterocycles. The number of halogens is 1. The van der Waals surface area contributed by atoms with E-state index < -0.39 is 0 Å². The molecule has 32 heavy (non-hydrogen) atoms. The van der Waals surface area contributed by atoms with E-state index in [4.69, 9.17) is 21.1 Å². The topological polar surface area (TPSA) is 73.7 Å². The Balaban J connectivity index is 1.49. The summed E-state index contributed by atoms with van der Waals surface area (Å²) in [6, 6.07) is 14.2. The van der Waals surface area contributed by atoms with Gasteiger partial charge in [-0.25, -0.2) is 4.98 Å². The lowest BCUT2D eigenvalue weighted by Crippen LogP contribution is -2.36. The molecule has 162 valence electrons. The van der Waals surface area contributed by atoms with Gasteiger partial charge in [-0.2, -0.15) is 0 Å². The highest BCUT2D eigenvalue weighted by atomic mass is 35.5. The maximum absolute atomic E-state index is 13.4. The Kier molecular flexibility index (Phi) is 5.55. The zero-order valence-electron chi connectivity index (χ0n) is 16.9. The summed E-state index contributed by atoms with van der Waals surface area (Å²) in [5.41, 5.74) is 0.881. The van der Waals surface area contributed by atoms with E-state index in [1.807, 2.05) is 23.6 Å². The number of thiophene rings is 1. The number of anilines is 1. The number of hydrogen-bond donors (Lipinski definition) is 0. The van der Waals surface area contributed by atoms with Crippen LogP contribution in [-0.2, 0) is 17.9 Å². The Hall–Kier alpha value is -3.36. The predicted octanol–water partition coefficient (Wildman–Crippen LogP) is 4.12. The van der Waals surface area contributed by atoms with E-state index >= 15 is 0 Å². The molecule has 0 bridgehead atoms. The van der Waals surface area contributed by atoms with Crippen molar-refractivity contribution in [1.82, 2.24) is 9.55 Å². The van der Waals surface area contributed by atoms with Crippen LogP contribution >= 0.6 is 22.9 Å². The molecule has 0 spiro atoms. The number of fused-ring (bicyclic) bond motifs is 2. The maximum atomic E-state index is 13.4. The summed E-state index contributed by atoms with van der Waals surface area (Å²) < 4.78 is 12.6. The van der Waals surface area contributed by atoms with Gasteiger partial charge in [0.25, 0.3) is 5.56 Å². The molecule has 1 aliphatic heterocycles. The second-order valence-corrected chi connectivity index (χ2v) is 8.69. The molecule has 3 heterocycles. The number of ether oxygens (including phenoxy) is 2. The molecule has 1 aliphatic rings. The maximum Gasteiger partial charge on any atom is 0.261 e. The molecule has 0 N–H and O–H groups in total. The van der Waals surface area contributed by atoms with Gasteiger partial charge in [0.1, 0.15) is 19.8 Å². The van der Waals surface area contributed by atoms with E-state index in [2.05, 4.69) is 4.98 Å². The molecule has 2 aromatic carbocycles. The Labute approximate surface area is 192 Å². The van der Waals surface area contributed by atoms with E-state index in [1.54, 1.807) is 46.6 Å². The minimum Gasteiger partial charge on any atom is -0.486 e. The van der Waals surface area contributed by atoms with Crippen molar-refractivity contribution in [3.05, 3.63) is 80.5 Å². The largest absolute Gasteiger partial charge is 0.486 e. The first-order valence-corrected chi connectivity index (χ1v) is 11.2.